The molecule has 1 aliphatic heterocycles. The second kappa shape index (κ2) is 4.72. The van der Waals surface area contributed by atoms with Crippen LogP contribution in [-0.4, -0.2) is 23.1 Å². The lowest BCUT2D eigenvalue weighted by atomic mass is 9.82. The van der Waals surface area contributed by atoms with Gasteiger partial charge >= 0.3 is 0 Å². The smallest absolute Gasteiger partial charge is 0.148 e. The van der Waals surface area contributed by atoms with E-state index < -0.39 is 0 Å². The van der Waals surface area contributed by atoms with E-state index in [1.54, 1.807) is 0 Å². The van der Waals surface area contributed by atoms with Crippen LogP contribution in [-0.2, 0) is 0 Å². The van der Waals surface area contributed by atoms with Gasteiger partial charge in [-0.15, -0.1) is 0 Å². The summed E-state index contributed by atoms with van der Waals surface area (Å²) in [5.41, 5.74) is 4.13. The van der Waals surface area contributed by atoms with Gasteiger partial charge in [-0.25, -0.2) is 15.8 Å². The Morgan fingerprint density at radius 2 is 1.78 bits per heavy atom. The minimum Gasteiger partial charge on any atom is -0.356 e. The second-order valence-corrected chi connectivity index (χ2v) is 5.86. The lowest BCUT2D eigenvalue weighted by molar-refractivity contribution is 0.279. The van der Waals surface area contributed by atoms with Crippen molar-refractivity contribution < 1.29 is 0 Å². The fourth-order valence-corrected chi connectivity index (χ4v) is 2.39. The van der Waals surface area contributed by atoms with Gasteiger partial charge in [0.25, 0.3) is 0 Å². The summed E-state index contributed by atoms with van der Waals surface area (Å²) in [4.78, 5) is 11.2. The van der Waals surface area contributed by atoms with Crippen molar-refractivity contribution in [3.8, 4) is 0 Å². The molecule has 100 valence electrons. The van der Waals surface area contributed by atoms with Crippen LogP contribution >= 0.6 is 0 Å². The fourth-order valence-electron chi connectivity index (χ4n) is 2.39. The second-order valence-electron chi connectivity index (χ2n) is 5.86. The summed E-state index contributed by atoms with van der Waals surface area (Å²) in [5.74, 6) is 8.00. The fraction of sp³-hybridized carbons (Fsp3) is 0.692. The summed E-state index contributed by atoms with van der Waals surface area (Å²) in [7, 11) is 0. The van der Waals surface area contributed by atoms with Gasteiger partial charge in [-0.05, 0) is 32.1 Å². The average Bonchev–Trinajstić information content (AvgIpc) is 2.32. The number of nitrogen functional groups attached to an aromatic ring is 1. The first-order valence-corrected chi connectivity index (χ1v) is 6.50. The minimum absolute atomic E-state index is 0.446. The standard InChI is InChI=1S/C13H23N5/c1-9-11(17-14)15-10(2)16-12(9)18-7-5-13(3,4)6-8-18/h5-8,14H2,1-4H3,(H,15,16,17). The lowest BCUT2D eigenvalue weighted by Crippen LogP contribution is -2.38. The van der Waals surface area contributed by atoms with Crippen molar-refractivity contribution in [1.82, 2.24) is 9.97 Å². The third kappa shape index (κ3) is 2.56. The van der Waals surface area contributed by atoms with Crippen LogP contribution in [0, 0.1) is 19.3 Å². The Bertz CT molecular complexity index is 431. The number of aryl methyl sites for hydroxylation is 1. The molecule has 2 rings (SSSR count). The molecule has 1 aliphatic rings. The first-order valence-electron chi connectivity index (χ1n) is 6.50. The zero-order chi connectivity index (χ0) is 13.3. The normalized spacial score (nSPS) is 18.8. The van der Waals surface area contributed by atoms with Crippen LogP contribution < -0.4 is 16.2 Å². The molecule has 0 spiro atoms. The van der Waals surface area contributed by atoms with Gasteiger partial charge in [0, 0.05) is 18.7 Å². The molecule has 5 heteroatoms. The summed E-state index contributed by atoms with van der Waals surface area (Å²) in [6.45, 7) is 10.7. The number of hydrogen-bond donors (Lipinski definition) is 2. The maximum absolute atomic E-state index is 5.50. The van der Waals surface area contributed by atoms with E-state index in [-0.39, 0.29) is 0 Å². The third-order valence-electron chi connectivity index (χ3n) is 3.79. The number of rotatable bonds is 2. The molecule has 0 amide bonds. The van der Waals surface area contributed by atoms with Gasteiger partial charge in [-0.1, -0.05) is 13.8 Å². The Balaban J connectivity index is 2.26. The summed E-state index contributed by atoms with van der Waals surface area (Å²) < 4.78 is 0. The molecule has 0 aromatic carbocycles. The van der Waals surface area contributed by atoms with Crippen molar-refractivity contribution in [2.45, 2.75) is 40.5 Å². The first kappa shape index (κ1) is 13.1. The lowest BCUT2D eigenvalue weighted by Gasteiger charge is -2.38. The van der Waals surface area contributed by atoms with Gasteiger partial charge in [0.05, 0.1) is 0 Å². The maximum Gasteiger partial charge on any atom is 0.148 e. The Morgan fingerprint density at radius 1 is 1.17 bits per heavy atom. The van der Waals surface area contributed by atoms with Crippen LogP contribution in [0.4, 0.5) is 11.6 Å². The van der Waals surface area contributed by atoms with E-state index in [0.717, 1.165) is 36.1 Å². The Morgan fingerprint density at radius 3 is 2.33 bits per heavy atom. The third-order valence-corrected chi connectivity index (χ3v) is 3.79. The molecular formula is C13H23N5. The highest BCUT2D eigenvalue weighted by Gasteiger charge is 2.27. The molecule has 0 radical (unpaired) electrons. The molecule has 18 heavy (non-hydrogen) atoms. The van der Waals surface area contributed by atoms with E-state index in [0.29, 0.717) is 5.41 Å². The number of piperidine rings is 1. The summed E-state index contributed by atoms with van der Waals surface area (Å²) in [6, 6.07) is 0. The van der Waals surface area contributed by atoms with Crippen LogP contribution in [0.25, 0.3) is 0 Å². The molecule has 1 aromatic rings. The zero-order valence-electron chi connectivity index (χ0n) is 11.7. The van der Waals surface area contributed by atoms with Gasteiger partial charge in [-0.3, -0.25) is 0 Å². The van der Waals surface area contributed by atoms with Crippen LogP contribution in [0.15, 0.2) is 0 Å². The average molecular weight is 249 g/mol. The predicted molar refractivity (Wildman–Crippen MR) is 74.5 cm³/mol. The van der Waals surface area contributed by atoms with Crippen molar-refractivity contribution >= 4 is 11.6 Å². The molecule has 0 atom stereocenters. The van der Waals surface area contributed by atoms with E-state index in [1.807, 2.05) is 13.8 Å². The van der Waals surface area contributed by atoms with Crippen LogP contribution in [0.5, 0.6) is 0 Å². The van der Waals surface area contributed by atoms with E-state index in [4.69, 9.17) is 5.84 Å². The van der Waals surface area contributed by atoms with Crippen LogP contribution in [0.2, 0.25) is 0 Å². The molecule has 3 N–H and O–H groups in total. The largest absolute Gasteiger partial charge is 0.356 e. The van der Waals surface area contributed by atoms with Crippen LogP contribution in [0.3, 0.4) is 0 Å². The molecule has 0 aliphatic carbocycles. The maximum atomic E-state index is 5.50. The summed E-state index contributed by atoms with van der Waals surface area (Å²) >= 11 is 0. The highest BCUT2D eigenvalue weighted by Crippen LogP contribution is 2.33. The molecular weight excluding hydrogens is 226 g/mol. The topological polar surface area (TPSA) is 67.1 Å². The van der Waals surface area contributed by atoms with Gasteiger partial charge in [0.1, 0.15) is 17.5 Å². The molecule has 1 saturated heterocycles. The molecule has 0 saturated carbocycles. The number of hydrazine groups is 1. The number of nitrogens with zero attached hydrogens (tertiary/aromatic N) is 3. The number of nitrogens with one attached hydrogen (secondary N) is 1. The van der Waals surface area contributed by atoms with Crippen molar-refractivity contribution in [2.75, 3.05) is 23.4 Å². The van der Waals surface area contributed by atoms with Gasteiger partial charge in [0.15, 0.2) is 0 Å². The summed E-state index contributed by atoms with van der Waals surface area (Å²) in [6.07, 6.45) is 2.39. The molecule has 0 bridgehead atoms. The van der Waals surface area contributed by atoms with Crippen molar-refractivity contribution in [3.63, 3.8) is 0 Å². The van der Waals surface area contributed by atoms with Gasteiger partial charge in [0.2, 0.25) is 0 Å². The van der Waals surface area contributed by atoms with Gasteiger partial charge in [-0.2, -0.15) is 0 Å². The Hall–Kier alpha value is -1.36. The number of nitrogens with two attached hydrogens (primary N) is 1. The Labute approximate surface area is 109 Å². The molecule has 2 heterocycles. The number of anilines is 2. The van der Waals surface area contributed by atoms with E-state index in [2.05, 4.69) is 34.1 Å². The minimum atomic E-state index is 0.446. The SMILES string of the molecule is Cc1nc(NN)c(C)c(N2CCC(C)(C)CC2)n1. The molecule has 0 unspecified atom stereocenters. The number of hydrogen-bond acceptors (Lipinski definition) is 5. The van der Waals surface area contributed by atoms with E-state index >= 15 is 0 Å². The van der Waals surface area contributed by atoms with Crippen molar-refractivity contribution in [3.05, 3.63) is 11.4 Å². The van der Waals surface area contributed by atoms with Crippen molar-refractivity contribution in [2.24, 2.45) is 11.3 Å². The predicted octanol–water partition coefficient (Wildman–Crippen LogP) is 2.01. The highest BCUT2D eigenvalue weighted by atomic mass is 15.3. The van der Waals surface area contributed by atoms with Gasteiger partial charge < -0.3 is 10.3 Å². The van der Waals surface area contributed by atoms with E-state index in [9.17, 15) is 0 Å². The molecule has 1 fully saturated rings. The van der Waals surface area contributed by atoms with Crippen molar-refractivity contribution in [1.29, 1.82) is 0 Å². The number of aromatic nitrogens is 2. The van der Waals surface area contributed by atoms with E-state index in [1.165, 1.54) is 12.8 Å². The first-order chi connectivity index (χ1) is 8.43. The molecule has 1 aromatic heterocycles. The summed E-state index contributed by atoms with van der Waals surface area (Å²) in [5, 5.41) is 0. The highest BCUT2D eigenvalue weighted by molar-refractivity contribution is 5.58. The Kier molecular flexibility index (Phi) is 3.43. The van der Waals surface area contributed by atoms with Crippen LogP contribution in [0.1, 0.15) is 38.1 Å². The quantitative estimate of drug-likeness (QED) is 0.620. The zero-order valence-corrected chi connectivity index (χ0v) is 11.7. The monoisotopic (exact) mass is 249 g/mol. The molecule has 5 nitrogen and oxygen atoms in total.